The summed E-state index contributed by atoms with van der Waals surface area (Å²) >= 11 is 0. The van der Waals surface area contributed by atoms with E-state index in [1.807, 2.05) is 32.9 Å². The van der Waals surface area contributed by atoms with Gasteiger partial charge in [-0.3, -0.25) is 48.3 Å². The third-order valence-corrected chi connectivity index (χ3v) is 21.9. The summed E-state index contributed by atoms with van der Waals surface area (Å²) in [4.78, 5) is 171. The zero-order valence-corrected chi connectivity index (χ0v) is 68.5. The minimum absolute atomic E-state index is 0.0225. The van der Waals surface area contributed by atoms with Crippen LogP contribution in [0.4, 0.5) is 24.6 Å². The zero-order valence-electron chi connectivity index (χ0n) is 68.5. The number of aromatic nitrogens is 3. The number of piperazine rings is 1. The maximum absolute atomic E-state index is 15.2. The fourth-order valence-corrected chi connectivity index (χ4v) is 14.8. The van der Waals surface area contributed by atoms with E-state index in [0.717, 1.165) is 64.4 Å². The van der Waals surface area contributed by atoms with Crippen LogP contribution in [0.2, 0.25) is 0 Å². The summed E-state index contributed by atoms with van der Waals surface area (Å²) in [5, 5.41) is 8.88. The molecule has 4 saturated heterocycles. The molecule has 7 aliphatic rings. The van der Waals surface area contributed by atoms with Gasteiger partial charge in [-0.15, -0.1) is 0 Å². The number of nitrogens with one attached hydrogen (secondary N) is 3. The van der Waals surface area contributed by atoms with Crippen LogP contribution in [0.15, 0.2) is 141 Å². The van der Waals surface area contributed by atoms with E-state index >= 15 is 4.39 Å². The molecule has 0 bridgehead atoms. The average molecular weight is 1650 g/mol. The molecular weight excluding hydrogens is 1560 g/mol. The fraction of sp³-hybridized carbons (Fsp3) is 0.388. The third-order valence-electron chi connectivity index (χ3n) is 21.9. The molecule has 3 atom stereocenters. The highest BCUT2D eigenvalue weighted by molar-refractivity contribution is 6.11. The lowest BCUT2D eigenvalue weighted by Gasteiger charge is -2.34. The summed E-state index contributed by atoms with van der Waals surface area (Å²) in [6.07, 6.45) is 4.76. The number of hydrogen-bond acceptors (Lipinski definition) is 25. The molecule has 120 heavy (non-hydrogen) atoms. The standard InChI is InChI=1S/C32H37FN6O7.C27H28N4O6.C26H26N4O7/c1-6-36-11-13-37(14-12-36)24-10-9-21-20(34-24)15-23(46-21)32(28(41)39(30(43)35-32)18-45-29(42)31(2,3)4)17-38-16-19-7-8-22(44-5)26(33)25(19)27(38)40;1-16(26(2,3)4)36-15-31-24(33)27(29-25(31)34,22-10-18-12-28-9-8-21(18)37-22)14-30-13-17-6-7-19(35-5)11-20(17)23(30)32;1-25(2,3)23(33)36-14-30-22(32)26(28-24(30)34,20-11-18-19(37-20)6-5-9-27-18)13-29-12-15-7-8-16(35-4)10-17(15)21(29)31/h7-10,15H,6,11-14,16-18H2,1-5H3,(H,35,43);6-12H,1,13-15H2,2-5H3,(H,29,34);5-11H,12-14H2,1-4H3,(H,28,34)/t32-;27-;26-/m000/s1. The van der Waals surface area contributed by atoms with Crippen molar-refractivity contribution in [1.29, 1.82) is 0 Å². The Bertz CT molecular complexity index is 5410. The van der Waals surface area contributed by atoms with Crippen LogP contribution in [0.25, 0.3) is 33.2 Å². The Morgan fingerprint density at radius 2 is 0.983 bits per heavy atom. The van der Waals surface area contributed by atoms with Gasteiger partial charge in [-0.05, 0) is 132 Å². The Morgan fingerprint density at radius 3 is 1.46 bits per heavy atom. The molecule has 16 rings (SSSR count). The van der Waals surface area contributed by atoms with Gasteiger partial charge in [-0.1, -0.05) is 52.5 Å². The predicted molar refractivity (Wildman–Crippen MR) is 426 cm³/mol. The number of pyridine rings is 3. The molecule has 13 heterocycles. The molecule has 4 fully saturated rings. The van der Waals surface area contributed by atoms with Gasteiger partial charge in [-0.2, -0.15) is 0 Å². The van der Waals surface area contributed by atoms with Gasteiger partial charge in [0, 0.05) is 98.5 Å². The van der Waals surface area contributed by atoms with Gasteiger partial charge in [-0.25, -0.2) is 38.5 Å². The van der Waals surface area contributed by atoms with Crippen LogP contribution in [0, 0.1) is 22.1 Å². The summed E-state index contributed by atoms with van der Waals surface area (Å²) in [6, 6.07) is 24.6. The Balaban J connectivity index is 0.000000149. The summed E-state index contributed by atoms with van der Waals surface area (Å²) in [6.45, 7) is 24.3. The number of anilines is 1. The number of furan rings is 3. The first-order chi connectivity index (χ1) is 56.9. The molecule has 7 aliphatic heterocycles. The number of likely N-dealkylation sites (N-methyl/N-ethyl adjacent to an activating group) is 1. The number of methoxy groups -OCH3 is 3. The number of hydrogen-bond donors (Lipinski definition) is 3. The highest BCUT2D eigenvalue weighted by Gasteiger charge is 2.61. The van der Waals surface area contributed by atoms with Gasteiger partial charge in [0.15, 0.2) is 59.5 Å². The lowest BCUT2D eigenvalue weighted by Crippen LogP contribution is -2.52. The minimum atomic E-state index is -1.92. The first-order valence-electron chi connectivity index (χ1n) is 38.7. The first kappa shape index (κ1) is 83.0. The summed E-state index contributed by atoms with van der Waals surface area (Å²) in [7, 11) is 4.34. The summed E-state index contributed by atoms with van der Waals surface area (Å²) < 4.78 is 65.2. The number of nitrogens with zero attached hydrogens (tertiary/aromatic N) is 11. The van der Waals surface area contributed by atoms with Gasteiger partial charge < -0.3 is 82.1 Å². The van der Waals surface area contributed by atoms with Crippen LogP contribution < -0.4 is 35.1 Å². The molecule has 12 amide bonds. The number of allylic oxidation sites excluding steroid dienone is 1. The Morgan fingerprint density at radius 1 is 0.517 bits per heavy atom. The lowest BCUT2D eigenvalue weighted by molar-refractivity contribution is -0.160. The molecule has 35 heteroatoms. The number of carbonyl (C=O) groups excluding carboxylic acids is 11. The second kappa shape index (κ2) is 31.8. The summed E-state index contributed by atoms with van der Waals surface area (Å²) in [5.74, 6) is -2.82. The minimum Gasteiger partial charge on any atom is -0.497 e. The lowest BCUT2D eigenvalue weighted by atomic mass is 9.94. The number of halogens is 1. The van der Waals surface area contributed by atoms with E-state index in [-0.39, 0.29) is 91.8 Å². The van der Waals surface area contributed by atoms with E-state index in [1.54, 1.807) is 139 Å². The quantitative estimate of drug-likeness (QED) is 0.0342. The second-order valence-electron chi connectivity index (χ2n) is 33.0. The van der Waals surface area contributed by atoms with Crippen molar-refractivity contribution in [2.45, 2.75) is 105 Å². The molecule has 0 unspecified atom stereocenters. The van der Waals surface area contributed by atoms with Crippen LogP contribution >= 0.6 is 0 Å². The number of esters is 2. The molecule has 0 aliphatic carbocycles. The molecule has 0 saturated carbocycles. The Hall–Kier alpha value is -13.5. The van der Waals surface area contributed by atoms with Crippen LogP contribution in [0.5, 0.6) is 17.2 Å². The maximum atomic E-state index is 15.2. The van der Waals surface area contributed by atoms with E-state index < -0.39 is 100 Å². The van der Waals surface area contributed by atoms with Crippen LogP contribution in [0.1, 0.15) is 134 Å². The van der Waals surface area contributed by atoms with Crippen molar-refractivity contribution >= 4 is 104 Å². The van der Waals surface area contributed by atoms with E-state index in [1.165, 1.54) is 42.1 Å². The fourth-order valence-electron chi connectivity index (χ4n) is 14.8. The molecule has 0 radical (unpaired) electrons. The highest BCUT2D eigenvalue weighted by atomic mass is 19.1. The molecule has 9 aromatic rings. The van der Waals surface area contributed by atoms with E-state index in [0.29, 0.717) is 67.1 Å². The van der Waals surface area contributed by atoms with Crippen molar-refractivity contribution in [3.05, 3.63) is 184 Å². The van der Waals surface area contributed by atoms with Crippen LogP contribution in [-0.4, -0.2) is 209 Å². The largest absolute Gasteiger partial charge is 0.497 e. The normalized spacial score (nSPS) is 19.8. The van der Waals surface area contributed by atoms with Gasteiger partial charge in [0.1, 0.15) is 51.2 Å². The van der Waals surface area contributed by atoms with Crippen molar-refractivity contribution in [2.24, 2.45) is 16.2 Å². The van der Waals surface area contributed by atoms with Crippen LogP contribution in [0.3, 0.4) is 0 Å². The Labute approximate surface area is 687 Å². The number of rotatable bonds is 21. The van der Waals surface area contributed by atoms with Gasteiger partial charge >= 0.3 is 30.0 Å². The van der Waals surface area contributed by atoms with Crippen molar-refractivity contribution < 1.29 is 98.8 Å². The number of benzene rings is 3. The molecular formula is C85H91FN14O20. The van der Waals surface area contributed by atoms with Crippen molar-refractivity contribution in [3.63, 3.8) is 0 Å². The van der Waals surface area contributed by atoms with Gasteiger partial charge in [0.05, 0.1) is 63.1 Å². The number of amides is 12. The first-order valence-corrected chi connectivity index (χ1v) is 38.7. The van der Waals surface area contributed by atoms with Crippen molar-refractivity contribution in [2.75, 3.05) is 98.8 Å². The van der Waals surface area contributed by atoms with Crippen LogP contribution in [-0.2, 0) is 74.4 Å². The molecule has 628 valence electrons. The van der Waals surface area contributed by atoms with E-state index in [9.17, 15) is 52.7 Å². The average Bonchev–Trinajstić information content (AvgIpc) is 1.58. The SMILES string of the molecule is C=C(OCN1C(=O)N[C@@](CN2Cc3ccc(OC)cc3C2=O)(c2cc3cnccc3o2)C1=O)C(C)(C)C.CCN1CCN(c2ccc3oc([C@]4(CN5Cc6ccc(OC)c(F)c6C5=O)NC(=O)N(COC(=O)C(C)(C)C)C4=O)cc3n2)CC1.COc1ccc2c(c1)C(=O)N(C[C@@]1(c3cc4ncccc4o3)NC(=O)N(COC(=O)C(C)(C)C)C1=O)C2. The maximum Gasteiger partial charge on any atom is 0.328 e. The molecule has 0 spiro atoms. The highest BCUT2D eigenvalue weighted by Crippen LogP contribution is 2.43. The number of fused-ring (bicyclic) bond motifs is 6. The topological polar surface area (TPSA) is 383 Å². The van der Waals surface area contributed by atoms with Crippen molar-refractivity contribution in [3.8, 4) is 17.2 Å². The molecule has 6 aromatic heterocycles. The predicted octanol–water partition coefficient (Wildman–Crippen LogP) is 9.63. The van der Waals surface area contributed by atoms with Gasteiger partial charge in [0.2, 0.25) is 0 Å². The smallest absolute Gasteiger partial charge is 0.328 e. The van der Waals surface area contributed by atoms with Gasteiger partial charge in [0.25, 0.3) is 35.4 Å². The summed E-state index contributed by atoms with van der Waals surface area (Å²) in [5.41, 5.74) is -2.44. The molecule has 3 N–H and O–H groups in total. The van der Waals surface area contributed by atoms with Crippen molar-refractivity contribution in [1.82, 2.24) is 65.2 Å². The zero-order chi connectivity index (χ0) is 86.0. The molecule has 3 aromatic carbocycles. The third kappa shape index (κ3) is 15.4. The molecule has 34 nitrogen and oxygen atoms in total. The number of urea groups is 3. The number of carbonyl (C=O) groups is 11. The Kier molecular flexibility index (Phi) is 22.0. The monoisotopic (exact) mass is 1650 g/mol. The van der Waals surface area contributed by atoms with E-state index in [2.05, 4.69) is 49.2 Å². The number of ether oxygens (including phenoxy) is 6. The van der Waals surface area contributed by atoms with E-state index in [4.69, 9.17) is 46.7 Å². The number of imide groups is 3. The second-order valence-corrected chi connectivity index (χ2v) is 33.0.